The number of rotatable bonds is 10. The second kappa shape index (κ2) is 22.0. The van der Waals surface area contributed by atoms with Gasteiger partial charge >= 0.3 is 24.2 Å². The molecule has 1 aromatic rings. The minimum Gasteiger partial charge on any atom is -0.480 e. The van der Waals surface area contributed by atoms with Crippen molar-refractivity contribution in [3.8, 4) is 6.07 Å². The molecule has 14 nitrogen and oxygen atoms in total. The number of carbonyl (C=O) groups excluding carboxylic acids is 5. The van der Waals surface area contributed by atoms with E-state index in [1.165, 1.54) is 16.7 Å². The molecule has 3 amide bonds. The lowest BCUT2D eigenvalue weighted by Crippen LogP contribution is -2.55. The number of nitriles is 1. The summed E-state index contributed by atoms with van der Waals surface area (Å²) in [5.74, 6) is -0.968. The topological polar surface area (TPSA) is 187 Å². The molecule has 1 aromatic carbocycles. The second-order valence-corrected chi connectivity index (χ2v) is 17.0. The summed E-state index contributed by atoms with van der Waals surface area (Å²) in [5, 5.41) is 20.3. The summed E-state index contributed by atoms with van der Waals surface area (Å²) in [4.78, 5) is 76.6. The number of likely N-dealkylation sites (tertiary alicyclic amines) is 3. The van der Waals surface area contributed by atoms with Gasteiger partial charge in [0.25, 0.3) is 0 Å². The van der Waals surface area contributed by atoms with Crippen LogP contribution in [0.2, 0.25) is 0 Å². The fraction of sp³-hybridized carbons (Fsp3) is 0.690. The zero-order chi connectivity index (χ0) is 44.8. The molecule has 4 fully saturated rings. The molecule has 0 bridgehead atoms. The van der Waals surface area contributed by atoms with Gasteiger partial charge in [-0.15, -0.1) is 0 Å². The summed E-state index contributed by atoms with van der Waals surface area (Å²) in [5.41, 5.74) is -1.05. The van der Waals surface area contributed by atoms with E-state index >= 15 is 0 Å². The van der Waals surface area contributed by atoms with Crippen molar-refractivity contribution in [1.29, 1.82) is 5.26 Å². The van der Waals surface area contributed by atoms with Crippen LogP contribution in [0, 0.1) is 23.2 Å². The Labute approximate surface area is 345 Å². The summed E-state index contributed by atoms with van der Waals surface area (Å²) in [6, 6.07) is 10.1. The van der Waals surface area contributed by atoms with E-state index in [2.05, 4.69) is 19.2 Å². The first-order valence-electron chi connectivity index (χ1n) is 20.1. The Morgan fingerprint density at radius 1 is 0.898 bits per heavy atom. The lowest BCUT2D eigenvalue weighted by molar-refractivity contribution is -0.156. The van der Waals surface area contributed by atoms with Gasteiger partial charge < -0.3 is 29.7 Å². The second-order valence-electron chi connectivity index (χ2n) is 17.0. The van der Waals surface area contributed by atoms with E-state index in [-0.39, 0.29) is 30.3 Å². The van der Waals surface area contributed by atoms with Crippen LogP contribution in [0.3, 0.4) is 0 Å². The molecule has 2 N–H and O–H groups in total. The SMILES string of the molecule is CC#N.CC(C)C[C@H](C(=O)O)N1CC[C@]2(CCCN2C(=O)OC(C)(C)C)C1=O.CC(C)C[C@H](C(=O)OCc1ccccc1)N1CC[C@]2(CCCN2)C1=O.O=CC(F)(F)F. The highest BCUT2D eigenvalue weighted by molar-refractivity contribution is 5.95. The van der Waals surface area contributed by atoms with Crippen molar-refractivity contribution in [3.63, 3.8) is 0 Å². The summed E-state index contributed by atoms with van der Waals surface area (Å²) < 4.78 is 42.3. The van der Waals surface area contributed by atoms with E-state index in [1.54, 1.807) is 31.7 Å². The number of amides is 3. The first kappa shape index (κ1) is 50.4. The van der Waals surface area contributed by atoms with Crippen molar-refractivity contribution < 1.29 is 56.5 Å². The Hall–Kier alpha value is -4.72. The van der Waals surface area contributed by atoms with Crippen LogP contribution in [0.25, 0.3) is 0 Å². The molecule has 17 heteroatoms. The molecule has 0 aromatic heterocycles. The number of carbonyl (C=O) groups is 6. The van der Waals surface area contributed by atoms with Crippen LogP contribution in [0.4, 0.5) is 18.0 Å². The van der Waals surface area contributed by atoms with Crippen molar-refractivity contribution in [2.45, 2.75) is 148 Å². The third kappa shape index (κ3) is 14.5. The standard InChI is InChI=1S/C20H28N2O3.C18H30N2O5.C2HF3O.C2H3N/c1-15(2)13-17(18(23)25-14-16-7-4-3-5-8-16)22-12-10-20(19(22)24)9-6-11-21-20;1-12(2)11-13(14(21)22)19-10-8-18(15(19)23)7-6-9-20(18)16(24)25-17(3,4)5;3-2(4,5)1-6;1-2-3/h3-5,7-8,15,17,21H,6,9-14H2,1-2H3;12-13H,6-11H2,1-5H3,(H,21,22);1H;1H3/t17-,20-;13-,18-;;/m11../s1. The molecule has 0 unspecified atom stereocenters. The smallest absolute Gasteiger partial charge is 0.446 e. The van der Waals surface area contributed by atoms with E-state index < -0.39 is 53.3 Å². The molecule has 0 aliphatic carbocycles. The van der Waals surface area contributed by atoms with Gasteiger partial charge in [-0.25, -0.2) is 14.4 Å². The molecule has 330 valence electrons. The zero-order valence-electron chi connectivity index (χ0n) is 35.6. The van der Waals surface area contributed by atoms with Crippen molar-refractivity contribution in [3.05, 3.63) is 35.9 Å². The minimum atomic E-state index is -4.64. The molecule has 4 aliphatic rings. The molecule has 4 heterocycles. The van der Waals surface area contributed by atoms with Crippen LogP contribution < -0.4 is 5.32 Å². The number of benzene rings is 1. The van der Waals surface area contributed by atoms with E-state index in [0.29, 0.717) is 51.2 Å². The average molecular weight is 838 g/mol. The molecule has 4 saturated heterocycles. The summed E-state index contributed by atoms with van der Waals surface area (Å²) in [7, 11) is 0. The van der Waals surface area contributed by atoms with Crippen LogP contribution in [-0.4, -0.2) is 117 Å². The number of hydrogen-bond acceptors (Lipinski definition) is 10. The van der Waals surface area contributed by atoms with Gasteiger partial charge in [0.15, 0.2) is 0 Å². The van der Waals surface area contributed by atoms with Crippen LogP contribution >= 0.6 is 0 Å². The van der Waals surface area contributed by atoms with Crippen LogP contribution in [-0.2, 0) is 40.1 Å². The Bertz CT molecular complexity index is 1620. The van der Waals surface area contributed by atoms with Gasteiger partial charge in [-0.3, -0.25) is 19.3 Å². The maximum atomic E-state index is 13.2. The highest BCUT2D eigenvalue weighted by Crippen LogP contribution is 2.41. The number of halogens is 3. The molecular weight excluding hydrogens is 775 g/mol. The summed E-state index contributed by atoms with van der Waals surface area (Å²) >= 11 is 0. The zero-order valence-corrected chi connectivity index (χ0v) is 35.6. The fourth-order valence-electron chi connectivity index (χ4n) is 7.75. The Kier molecular flexibility index (Phi) is 18.8. The van der Waals surface area contributed by atoms with Crippen molar-refractivity contribution >= 4 is 36.1 Å². The van der Waals surface area contributed by atoms with E-state index in [1.807, 2.05) is 44.2 Å². The van der Waals surface area contributed by atoms with Crippen molar-refractivity contribution in [1.82, 2.24) is 20.0 Å². The Balaban J connectivity index is 0.000000338. The molecule has 4 atom stereocenters. The maximum Gasteiger partial charge on any atom is 0.446 e. The lowest BCUT2D eigenvalue weighted by atomic mass is 9.94. The van der Waals surface area contributed by atoms with Gasteiger partial charge in [0, 0.05) is 26.6 Å². The molecule has 2 spiro atoms. The Morgan fingerprint density at radius 3 is 1.93 bits per heavy atom. The predicted molar refractivity (Wildman–Crippen MR) is 211 cm³/mol. The minimum absolute atomic E-state index is 0.0762. The highest BCUT2D eigenvalue weighted by Gasteiger charge is 2.58. The van der Waals surface area contributed by atoms with Crippen LogP contribution in [0.1, 0.15) is 112 Å². The average Bonchev–Trinajstić information content (AvgIpc) is 3.94. The predicted octanol–water partition coefficient (Wildman–Crippen LogP) is 6.26. The third-order valence-electron chi connectivity index (χ3n) is 10.3. The maximum absolute atomic E-state index is 13.2. The van der Waals surface area contributed by atoms with Gasteiger partial charge in [0.2, 0.25) is 18.1 Å². The normalized spacial score (nSPS) is 22.2. The Morgan fingerprint density at radius 2 is 1.44 bits per heavy atom. The molecule has 5 rings (SSSR count). The molecule has 4 aliphatic heterocycles. The van der Waals surface area contributed by atoms with Crippen LogP contribution in [0.15, 0.2) is 30.3 Å². The van der Waals surface area contributed by atoms with Gasteiger partial charge in [0.05, 0.1) is 11.6 Å². The first-order valence-corrected chi connectivity index (χ1v) is 20.1. The molecule has 0 saturated carbocycles. The number of aldehydes is 1. The van der Waals surface area contributed by atoms with Gasteiger partial charge in [-0.1, -0.05) is 58.0 Å². The first-order chi connectivity index (χ1) is 27.5. The highest BCUT2D eigenvalue weighted by atomic mass is 19.4. The molecular formula is C42H62F3N5O9. The third-order valence-corrected chi connectivity index (χ3v) is 10.3. The number of hydrogen-bond donors (Lipinski definition) is 2. The number of aliphatic carboxylic acids is 1. The number of alkyl halides is 3. The monoisotopic (exact) mass is 837 g/mol. The van der Waals surface area contributed by atoms with Gasteiger partial charge in [0.1, 0.15) is 29.8 Å². The van der Waals surface area contributed by atoms with E-state index in [0.717, 1.165) is 37.8 Å². The van der Waals surface area contributed by atoms with Gasteiger partial charge in [-0.2, -0.15) is 18.4 Å². The van der Waals surface area contributed by atoms with Crippen LogP contribution in [0.5, 0.6) is 0 Å². The fourth-order valence-corrected chi connectivity index (χ4v) is 7.75. The van der Waals surface area contributed by atoms with Crippen molar-refractivity contribution in [2.75, 3.05) is 26.2 Å². The van der Waals surface area contributed by atoms with E-state index in [9.17, 15) is 42.3 Å². The van der Waals surface area contributed by atoms with Gasteiger partial charge in [-0.05, 0) is 96.1 Å². The number of nitrogens with zero attached hydrogens (tertiary/aromatic N) is 4. The van der Waals surface area contributed by atoms with E-state index in [4.69, 9.17) is 19.5 Å². The molecule has 59 heavy (non-hydrogen) atoms. The lowest BCUT2D eigenvalue weighted by Gasteiger charge is -2.35. The number of carboxylic acid groups (broad SMARTS) is 1. The summed E-state index contributed by atoms with van der Waals surface area (Å²) in [6.45, 7) is 17.4. The largest absolute Gasteiger partial charge is 0.480 e. The summed E-state index contributed by atoms with van der Waals surface area (Å²) in [6.07, 6.45) is -0.722. The molecule has 0 radical (unpaired) electrons. The number of nitrogens with one attached hydrogen (secondary N) is 1. The quantitative estimate of drug-likeness (QED) is 0.200. The van der Waals surface area contributed by atoms with Crippen molar-refractivity contribution in [2.24, 2.45) is 11.8 Å². The number of carboxylic acids is 1. The number of ether oxygens (including phenoxy) is 2. The number of esters is 1.